The van der Waals surface area contributed by atoms with Gasteiger partial charge in [-0.3, -0.25) is 4.79 Å². The monoisotopic (exact) mass is 418 g/mol. The van der Waals surface area contributed by atoms with Crippen LogP contribution in [0, 0.1) is 0 Å². The van der Waals surface area contributed by atoms with Crippen LogP contribution in [0.5, 0.6) is 11.5 Å². The normalized spacial score (nSPS) is 17.5. The number of amides is 1. The zero-order valence-corrected chi connectivity index (χ0v) is 17.2. The molecule has 1 fully saturated rings. The summed E-state index contributed by atoms with van der Waals surface area (Å²) in [5, 5.41) is 29.5. The van der Waals surface area contributed by atoms with Gasteiger partial charge in [-0.05, 0) is 54.2 Å². The molecule has 0 aromatic heterocycles. The molecule has 1 amide bonds. The second kappa shape index (κ2) is 7.87. The van der Waals surface area contributed by atoms with E-state index in [2.05, 4.69) is 53.1 Å². The lowest BCUT2D eigenvalue weighted by Gasteiger charge is -2.25. The minimum Gasteiger partial charge on any atom is -0.506 e. The van der Waals surface area contributed by atoms with Crippen molar-refractivity contribution in [2.75, 3.05) is 18.5 Å². The van der Waals surface area contributed by atoms with Gasteiger partial charge in [0, 0.05) is 17.6 Å². The van der Waals surface area contributed by atoms with Gasteiger partial charge in [-0.2, -0.15) is 0 Å². The Morgan fingerprint density at radius 3 is 2.71 bits per heavy atom. The van der Waals surface area contributed by atoms with Crippen LogP contribution in [0.2, 0.25) is 0 Å². The average molecular weight is 418 g/mol. The van der Waals surface area contributed by atoms with E-state index in [-0.39, 0.29) is 29.5 Å². The van der Waals surface area contributed by atoms with Gasteiger partial charge in [-0.15, -0.1) is 0 Å². The minimum absolute atomic E-state index is 0.0542. The molecule has 0 spiro atoms. The molecule has 6 heteroatoms. The van der Waals surface area contributed by atoms with Crippen molar-refractivity contribution >= 4 is 22.4 Å². The predicted molar refractivity (Wildman–Crippen MR) is 119 cm³/mol. The van der Waals surface area contributed by atoms with E-state index in [9.17, 15) is 15.0 Å². The van der Waals surface area contributed by atoms with Crippen LogP contribution in [0.4, 0.5) is 5.69 Å². The van der Waals surface area contributed by atoms with Gasteiger partial charge in [0.05, 0.1) is 6.10 Å². The summed E-state index contributed by atoms with van der Waals surface area (Å²) >= 11 is 0. The van der Waals surface area contributed by atoms with Crippen LogP contribution in [0.25, 0.3) is 10.8 Å². The van der Waals surface area contributed by atoms with Gasteiger partial charge >= 0.3 is 0 Å². The van der Waals surface area contributed by atoms with E-state index >= 15 is 0 Å². The number of β-amino-alcohol motifs (C(OH)–C–C–N with tert-alkyl or cyclic N) is 1. The second-order valence-electron chi connectivity index (χ2n) is 8.57. The first-order valence-corrected chi connectivity index (χ1v) is 10.7. The van der Waals surface area contributed by atoms with E-state index in [4.69, 9.17) is 4.74 Å². The number of phenolic OH excluding ortho intramolecular Hbond substituents is 1. The molecular weight excluding hydrogens is 392 g/mol. The Kier molecular flexibility index (Phi) is 5.04. The minimum atomic E-state index is -0.803. The lowest BCUT2D eigenvalue weighted by Crippen LogP contribution is -2.35. The van der Waals surface area contributed by atoms with Crippen LogP contribution < -0.4 is 15.4 Å². The number of rotatable bonds is 7. The van der Waals surface area contributed by atoms with E-state index in [0.29, 0.717) is 17.9 Å². The largest absolute Gasteiger partial charge is 0.506 e. The topological polar surface area (TPSA) is 90.8 Å². The third-order valence-corrected chi connectivity index (χ3v) is 6.37. The molecule has 31 heavy (non-hydrogen) atoms. The van der Waals surface area contributed by atoms with E-state index < -0.39 is 6.10 Å². The first-order valence-electron chi connectivity index (χ1n) is 10.7. The third-order valence-electron chi connectivity index (χ3n) is 6.37. The van der Waals surface area contributed by atoms with Crippen LogP contribution in [0.15, 0.2) is 54.6 Å². The van der Waals surface area contributed by atoms with Crippen molar-refractivity contribution in [1.29, 1.82) is 0 Å². The maximum atomic E-state index is 11.6. The maximum Gasteiger partial charge on any atom is 0.262 e. The van der Waals surface area contributed by atoms with Crippen molar-refractivity contribution in [2.24, 2.45) is 0 Å². The molecular formula is C25H26N2O4. The number of aliphatic hydroxyl groups is 1. The standard InChI is InChI=1S/C25H26N2O4/c28-20-8-7-19(24-23(20)27-22(30)15-31-24)21(29)14-26-25(11-12-25)10-9-16-5-6-17-3-1-2-4-18(17)13-16/h1-8,13,21,26,28-29H,9-12,14-15H2,(H,27,30). The SMILES string of the molecule is O=C1COc2c(C(O)CNC3(CCc4ccc5ccccc5c4)CC3)ccc(O)c2N1. The van der Waals surface area contributed by atoms with Crippen molar-refractivity contribution in [1.82, 2.24) is 5.32 Å². The van der Waals surface area contributed by atoms with E-state index in [1.54, 1.807) is 6.07 Å². The Balaban J connectivity index is 1.22. The molecule has 160 valence electrons. The summed E-state index contributed by atoms with van der Waals surface area (Å²) in [6.45, 7) is 0.255. The van der Waals surface area contributed by atoms with Crippen molar-refractivity contribution in [3.63, 3.8) is 0 Å². The quantitative estimate of drug-likeness (QED) is 0.440. The van der Waals surface area contributed by atoms with Gasteiger partial charge in [0.1, 0.15) is 11.4 Å². The molecule has 6 nitrogen and oxygen atoms in total. The number of phenols is 1. The predicted octanol–water partition coefficient (Wildman–Crippen LogP) is 3.66. The number of aliphatic hydroxyl groups excluding tert-OH is 1. The highest BCUT2D eigenvalue weighted by molar-refractivity contribution is 5.97. The molecule has 3 aromatic carbocycles. The lowest BCUT2D eigenvalue weighted by atomic mass is 10.00. The summed E-state index contributed by atoms with van der Waals surface area (Å²) < 4.78 is 5.50. The Morgan fingerprint density at radius 1 is 1.10 bits per heavy atom. The van der Waals surface area contributed by atoms with Crippen molar-refractivity contribution in [3.05, 3.63) is 65.7 Å². The molecule has 1 aliphatic heterocycles. The summed E-state index contributed by atoms with van der Waals surface area (Å²) in [6, 6.07) is 18.1. The van der Waals surface area contributed by atoms with Crippen LogP contribution in [0.1, 0.15) is 36.5 Å². The highest BCUT2D eigenvalue weighted by atomic mass is 16.5. The number of aromatic hydroxyl groups is 1. The van der Waals surface area contributed by atoms with Gasteiger partial charge in [0.15, 0.2) is 12.4 Å². The number of ether oxygens (including phenoxy) is 1. The van der Waals surface area contributed by atoms with Crippen molar-refractivity contribution in [2.45, 2.75) is 37.3 Å². The zero-order valence-electron chi connectivity index (χ0n) is 17.2. The highest BCUT2D eigenvalue weighted by Crippen LogP contribution is 2.43. The Labute approximate surface area is 180 Å². The summed E-state index contributed by atoms with van der Waals surface area (Å²) in [5.41, 5.74) is 2.17. The molecule has 5 rings (SSSR count). The highest BCUT2D eigenvalue weighted by Gasteiger charge is 2.42. The van der Waals surface area contributed by atoms with Crippen molar-refractivity contribution in [3.8, 4) is 11.5 Å². The fraction of sp³-hybridized carbons (Fsp3) is 0.320. The van der Waals surface area contributed by atoms with Gasteiger partial charge in [0.25, 0.3) is 5.91 Å². The number of anilines is 1. The maximum absolute atomic E-state index is 11.6. The summed E-state index contributed by atoms with van der Waals surface area (Å²) in [4.78, 5) is 11.6. The van der Waals surface area contributed by atoms with Gasteiger partial charge in [0.2, 0.25) is 0 Å². The number of carbonyl (C=O) groups is 1. The molecule has 1 saturated carbocycles. The van der Waals surface area contributed by atoms with Gasteiger partial charge < -0.3 is 25.6 Å². The first-order chi connectivity index (χ1) is 15.0. The van der Waals surface area contributed by atoms with Crippen LogP contribution in [0.3, 0.4) is 0 Å². The molecule has 1 aliphatic carbocycles. The molecule has 1 heterocycles. The van der Waals surface area contributed by atoms with E-state index in [1.807, 2.05) is 0 Å². The summed E-state index contributed by atoms with van der Waals surface area (Å²) in [6.07, 6.45) is 3.37. The molecule has 0 bridgehead atoms. The van der Waals surface area contributed by atoms with Crippen LogP contribution in [-0.2, 0) is 11.2 Å². The van der Waals surface area contributed by atoms with Crippen LogP contribution >= 0.6 is 0 Å². The smallest absolute Gasteiger partial charge is 0.262 e. The number of fused-ring (bicyclic) bond motifs is 2. The van der Waals surface area contributed by atoms with Crippen molar-refractivity contribution < 1.29 is 19.7 Å². The fourth-order valence-corrected chi connectivity index (χ4v) is 4.31. The fourth-order valence-electron chi connectivity index (χ4n) is 4.31. The average Bonchev–Trinajstić information content (AvgIpc) is 3.57. The molecule has 1 atom stereocenters. The Hall–Kier alpha value is -3.09. The summed E-state index contributed by atoms with van der Waals surface area (Å²) in [7, 11) is 0. The first kappa shape index (κ1) is 19.8. The van der Waals surface area contributed by atoms with Gasteiger partial charge in [-0.1, -0.05) is 42.5 Å². The molecule has 1 unspecified atom stereocenters. The van der Waals surface area contributed by atoms with E-state index in [0.717, 1.165) is 25.7 Å². The summed E-state index contributed by atoms with van der Waals surface area (Å²) in [5.74, 6) is -0.0471. The number of aryl methyl sites for hydroxylation is 1. The van der Waals surface area contributed by atoms with E-state index in [1.165, 1.54) is 22.4 Å². The third kappa shape index (κ3) is 4.09. The Morgan fingerprint density at radius 2 is 1.90 bits per heavy atom. The number of hydrogen-bond donors (Lipinski definition) is 4. The lowest BCUT2D eigenvalue weighted by molar-refractivity contribution is -0.118. The van der Waals surface area contributed by atoms with Gasteiger partial charge in [-0.25, -0.2) is 0 Å². The Bertz CT molecular complexity index is 1140. The molecule has 3 aromatic rings. The second-order valence-corrected chi connectivity index (χ2v) is 8.57. The number of benzene rings is 3. The zero-order chi connectivity index (χ0) is 21.4. The molecule has 4 N–H and O–H groups in total. The number of hydrogen-bond acceptors (Lipinski definition) is 5. The van der Waals surface area contributed by atoms with Crippen LogP contribution in [-0.4, -0.2) is 34.8 Å². The number of carbonyl (C=O) groups excluding carboxylic acids is 1. The number of nitrogens with one attached hydrogen (secondary N) is 2. The molecule has 0 saturated heterocycles. The molecule has 0 radical (unpaired) electrons. The molecule has 2 aliphatic rings.